The standard InChI is InChI=1S/C15H22N2O2/c1-2-17-7-3-6-16-11-13(17)12-4-5-14-15(10-12)19-9-8-18-14/h4-5,10,13,16H,2-3,6-9,11H2,1H3. The van der Waals surface area contributed by atoms with E-state index in [2.05, 4.69) is 29.3 Å². The van der Waals surface area contributed by atoms with E-state index in [1.54, 1.807) is 0 Å². The molecule has 1 fully saturated rings. The first-order valence-electron chi connectivity index (χ1n) is 7.23. The summed E-state index contributed by atoms with van der Waals surface area (Å²) in [5, 5.41) is 3.53. The molecule has 1 saturated heterocycles. The zero-order chi connectivity index (χ0) is 13.1. The highest BCUT2D eigenvalue weighted by molar-refractivity contribution is 5.44. The Balaban J connectivity index is 1.86. The number of likely N-dealkylation sites (N-methyl/N-ethyl adjacent to an activating group) is 1. The first kappa shape index (κ1) is 12.8. The van der Waals surface area contributed by atoms with Crippen LogP contribution in [0.3, 0.4) is 0 Å². The van der Waals surface area contributed by atoms with Crippen molar-refractivity contribution in [1.82, 2.24) is 10.2 Å². The second-order valence-corrected chi connectivity index (χ2v) is 5.11. The number of nitrogens with zero attached hydrogens (tertiary/aromatic N) is 1. The number of hydrogen-bond acceptors (Lipinski definition) is 4. The third kappa shape index (κ3) is 2.69. The van der Waals surface area contributed by atoms with Gasteiger partial charge in [0.25, 0.3) is 0 Å². The van der Waals surface area contributed by atoms with Crippen LogP contribution in [0.1, 0.15) is 24.9 Å². The third-order valence-electron chi connectivity index (χ3n) is 3.93. The van der Waals surface area contributed by atoms with Crippen LogP contribution in [0.4, 0.5) is 0 Å². The largest absolute Gasteiger partial charge is 0.486 e. The number of nitrogens with one attached hydrogen (secondary N) is 1. The molecular weight excluding hydrogens is 240 g/mol. The lowest BCUT2D eigenvalue weighted by atomic mass is 10.0. The van der Waals surface area contributed by atoms with Crippen molar-refractivity contribution in [3.05, 3.63) is 23.8 Å². The predicted molar refractivity (Wildman–Crippen MR) is 74.9 cm³/mol. The number of fused-ring (bicyclic) bond motifs is 1. The lowest BCUT2D eigenvalue weighted by Crippen LogP contribution is -2.32. The van der Waals surface area contributed by atoms with E-state index in [0.717, 1.165) is 37.7 Å². The average Bonchev–Trinajstić information content (AvgIpc) is 2.72. The Labute approximate surface area is 114 Å². The molecule has 2 aliphatic rings. The zero-order valence-electron chi connectivity index (χ0n) is 11.5. The van der Waals surface area contributed by atoms with Crippen molar-refractivity contribution in [1.29, 1.82) is 0 Å². The molecule has 0 spiro atoms. The highest BCUT2D eigenvalue weighted by Gasteiger charge is 2.23. The Hall–Kier alpha value is -1.26. The lowest BCUT2D eigenvalue weighted by Gasteiger charge is -2.29. The third-order valence-corrected chi connectivity index (χ3v) is 3.93. The van der Waals surface area contributed by atoms with Gasteiger partial charge in [0.15, 0.2) is 11.5 Å². The minimum Gasteiger partial charge on any atom is -0.486 e. The number of ether oxygens (including phenoxy) is 2. The first-order chi connectivity index (χ1) is 9.38. The van der Waals surface area contributed by atoms with Gasteiger partial charge in [-0.05, 0) is 43.8 Å². The molecule has 0 radical (unpaired) electrons. The van der Waals surface area contributed by atoms with Crippen LogP contribution in [0.15, 0.2) is 18.2 Å². The van der Waals surface area contributed by atoms with Gasteiger partial charge in [0, 0.05) is 12.6 Å². The van der Waals surface area contributed by atoms with E-state index < -0.39 is 0 Å². The van der Waals surface area contributed by atoms with Crippen LogP contribution in [0, 0.1) is 0 Å². The number of benzene rings is 1. The van der Waals surface area contributed by atoms with Gasteiger partial charge in [0.05, 0.1) is 0 Å². The molecule has 0 bridgehead atoms. The van der Waals surface area contributed by atoms with Crippen LogP contribution in [0.2, 0.25) is 0 Å². The molecule has 4 nitrogen and oxygen atoms in total. The van der Waals surface area contributed by atoms with E-state index in [4.69, 9.17) is 9.47 Å². The highest BCUT2D eigenvalue weighted by atomic mass is 16.6. The van der Waals surface area contributed by atoms with Gasteiger partial charge < -0.3 is 14.8 Å². The van der Waals surface area contributed by atoms with Crippen LogP contribution < -0.4 is 14.8 Å². The summed E-state index contributed by atoms with van der Waals surface area (Å²) in [6, 6.07) is 6.80. The fraction of sp³-hybridized carbons (Fsp3) is 0.600. The van der Waals surface area contributed by atoms with Gasteiger partial charge in [-0.25, -0.2) is 0 Å². The molecule has 0 aromatic heterocycles. The van der Waals surface area contributed by atoms with Crippen molar-refractivity contribution in [2.45, 2.75) is 19.4 Å². The van der Waals surface area contributed by atoms with Gasteiger partial charge in [-0.2, -0.15) is 0 Å². The van der Waals surface area contributed by atoms with Gasteiger partial charge in [-0.1, -0.05) is 13.0 Å². The molecule has 2 heterocycles. The van der Waals surface area contributed by atoms with Gasteiger partial charge in [-0.3, -0.25) is 4.90 Å². The van der Waals surface area contributed by atoms with Gasteiger partial charge in [0.1, 0.15) is 13.2 Å². The van der Waals surface area contributed by atoms with Crippen molar-refractivity contribution in [3.8, 4) is 11.5 Å². The normalized spacial score (nSPS) is 23.9. The Morgan fingerprint density at radius 3 is 2.95 bits per heavy atom. The Morgan fingerprint density at radius 1 is 1.26 bits per heavy atom. The van der Waals surface area contributed by atoms with Crippen LogP contribution in [-0.4, -0.2) is 44.3 Å². The van der Waals surface area contributed by atoms with E-state index in [1.807, 2.05) is 6.07 Å². The lowest BCUT2D eigenvalue weighted by molar-refractivity contribution is 0.170. The molecule has 104 valence electrons. The second kappa shape index (κ2) is 5.80. The molecule has 4 heteroatoms. The monoisotopic (exact) mass is 262 g/mol. The SMILES string of the molecule is CCN1CCCNCC1c1ccc2c(c1)OCCO2. The summed E-state index contributed by atoms with van der Waals surface area (Å²) in [5.41, 5.74) is 1.32. The molecule has 19 heavy (non-hydrogen) atoms. The smallest absolute Gasteiger partial charge is 0.161 e. The van der Waals surface area contributed by atoms with E-state index >= 15 is 0 Å². The van der Waals surface area contributed by atoms with Crippen molar-refractivity contribution in [2.75, 3.05) is 39.4 Å². The molecule has 1 atom stereocenters. The summed E-state index contributed by atoms with van der Waals surface area (Å²) in [7, 11) is 0. The Bertz CT molecular complexity index is 436. The topological polar surface area (TPSA) is 33.7 Å². The molecule has 1 unspecified atom stereocenters. The van der Waals surface area contributed by atoms with Crippen molar-refractivity contribution < 1.29 is 9.47 Å². The minimum absolute atomic E-state index is 0.434. The molecule has 1 aromatic carbocycles. The number of hydrogen-bond donors (Lipinski definition) is 1. The molecule has 1 N–H and O–H groups in total. The van der Waals surface area contributed by atoms with E-state index in [9.17, 15) is 0 Å². The quantitative estimate of drug-likeness (QED) is 0.881. The van der Waals surface area contributed by atoms with Crippen molar-refractivity contribution >= 4 is 0 Å². The molecule has 2 aliphatic heterocycles. The molecule has 0 saturated carbocycles. The molecule has 0 aliphatic carbocycles. The molecular formula is C15H22N2O2. The van der Waals surface area contributed by atoms with Gasteiger partial charge in [-0.15, -0.1) is 0 Å². The Kier molecular flexibility index (Phi) is 3.89. The van der Waals surface area contributed by atoms with E-state index in [1.165, 1.54) is 12.0 Å². The number of rotatable bonds is 2. The van der Waals surface area contributed by atoms with Gasteiger partial charge in [0.2, 0.25) is 0 Å². The molecule has 0 amide bonds. The fourth-order valence-electron chi connectivity index (χ4n) is 2.91. The van der Waals surface area contributed by atoms with Crippen LogP contribution in [0.25, 0.3) is 0 Å². The van der Waals surface area contributed by atoms with Crippen molar-refractivity contribution in [3.63, 3.8) is 0 Å². The second-order valence-electron chi connectivity index (χ2n) is 5.11. The summed E-state index contributed by atoms with van der Waals surface area (Å²) in [6.45, 7) is 7.89. The van der Waals surface area contributed by atoms with E-state index in [0.29, 0.717) is 19.3 Å². The van der Waals surface area contributed by atoms with Crippen LogP contribution in [0.5, 0.6) is 11.5 Å². The highest BCUT2D eigenvalue weighted by Crippen LogP contribution is 2.34. The average molecular weight is 262 g/mol. The molecule has 1 aromatic rings. The minimum atomic E-state index is 0.434. The van der Waals surface area contributed by atoms with Crippen LogP contribution in [-0.2, 0) is 0 Å². The summed E-state index contributed by atoms with van der Waals surface area (Å²) >= 11 is 0. The summed E-state index contributed by atoms with van der Waals surface area (Å²) in [4.78, 5) is 2.53. The Morgan fingerprint density at radius 2 is 2.11 bits per heavy atom. The maximum absolute atomic E-state index is 5.69. The molecule has 3 rings (SSSR count). The van der Waals surface area contributed by atoms with Gasteiger partial charge >= 0.3 is 0 Å². The van der Waals surface area contributed by atoms with E-state index in [-0.39, 0.29) is 0 Å². The fourth-order valence-corrected chi connectivity index (χ4v) is 2.91. The first-order valence-corrected chi connectivity index (χ1v) is 7.23. The summed E-state index contributed by atoms with van der Waals surface area (Å²) < 4.78 is 11.3. The zero-order valence-corrected chi connectivity index (χ0v) is 11.5. The van der Waals surface area contributed by atoms with Crippen LogP contribution >= 0.6 is 0 Å². The summed E-state index contributed by atoms with van der Waals surface area (Å²) in [6.07, 6.45) is 1.22. The maximum Gasteiger partial charge on any atom is 0.161 e. The maximum atomic E-state index is 5.69. The predicted octanol–water partition coefficient (Wildman–Crippen LogP) is 1.81. The van der Waals surface area contributed by atoms with Crippen molar-refractivity contribution in [2.24, 2.45) is 0 Å². The summed E-state index contributed by atoms with van der Waals surface area (Å²) in [5.74, 6) is 1.77.